The van der Waals surface area contributed by atoms with Crippen LogP contribution < -0.4 is 16.1 Å². The average molecular weight is 396 g/mol. The lowest BCUT2D eigenvalue weighted by Gasteiger charge is -2.09. The second-order valence-corrected chi connectivity index (χ2v) is 6.33. The number of hydrogen-bond donors (Lipinski definition) is 4. The Labute approximate surface area is 165 Å². The number of benzene rings is 2. The quantitative estimate of drug-likeness (QED) is 0.449. The summed E-state index contributed by atoms with van der Waals surface area (Å²) in [4.78, 5) is 34.2. The molecule has 0 fully saturated rings. The van der Waals surface area contributed by atoms with E-state index in [1.807, 2.05) is 18.2 Å². The average Bonchev–Trinajstić information content (AvgIpc) is 3.01. The highest BCUT2D eigenvalue weighted by atomic mass is 32.1. The number of nitrogens with one attached hydrogen (secondary N) is 3. The number of hydrogen-bond acceptors (Lipinski definition) is 5. The lowest BCUT2D eigenvalue weighted by Crippen LogP contribution is -2.29. The van der Waals surface area contributed by atoms with Crippen LogP contribution in [0.5, 0.6) is 0 Å². The molecule has 0 spiro atoms. The summed E-state index contributed by atoms with van der Waals surface area (Å²) in [5.74, 6) is -1.58. The summed E-state index contributed by atoms with van der Waals surface area (Å²) < 4.78 is 0. The number of amides is 1. The van der Waals surface area contributed by atoms with Crippen LogP contribution in [-0.2, 0) is 4.79 Å². The zero-order valence-electron chi connectivity index (χ0n) is 14.6. The Hall–Kier alpha value is -3.59. The van der Waals surface area contributed by atoms with Crippen LogP contribution in [0.3, 0.4) is 0 Å². The Morgan fingerprint density at radius 1 is 1.07 bits per heavy atom. The van der Waals surface area contributed by atoms with Gasteiger partial charge in [-0.1, -0.05) is 24.3 Å². The first-order chi connectivity index (χ1) is 13.4. The zero-order chi connectivity index (χ0) is 20.1. The molecule has 0 radical (unpaired) electrons. The minimum Gasteiger partial charge on any atom is -0.480 e. The minimum absolute atomic E-state index is 0.0202. The van der Waals surface area contributed by atoms with Crippen LogP contribution in [-0.4, -0.2) is 40.1 Å². The molecule has 1 aliphatic rings. The van der Waals surface area contributed by atoms with E-state index in [2.05, 4.69) is 21.2 Å². The smallest absolute Gasteiger partial charge is 0.322 e. The SMILES string of the molecule is O=C(O)CNC(=O)c1ccc(NC(=S)N/N=C2/CC(=O)c3ccccc32)cc1. The molecular formula is C19H16N4O4S. The number of fused-ring (bicyclic) bond motifs is 1. The Bertz CT molecular complexity index is 986. The van der Waals surface area contributed by atoms with E-state index in [0.717, 1.165) is 5.56 Å². The van der Waals surface area contributed by atoms with Gasteiger partial charge in [0.2, 0.25) is 0 Å². The van der Waals surface area contributed by atoms with Gasteiger partial charge in [-0.05, 0) is 36.5 Å². The topological polar surface area (TPSA) is 120 Å². The predicted molar refractivity (Wildman–Crippen MR) is 108 cm³/mol. The highest BCUT2D eigenvalue weighted by Gasteiger charge is 2.24. The number of carboxylic acid groups (broad SMARTS) is 1. The van der Waals surface area contributed by atoms with Gasteiger partial charge in [-0.2, -0.15) is 5.10 Å². The molecule has 4 N–H and O–H groups in total. The fourth-order valence-corrected chi connectivity index (χ4v) is 2.82. The number of Topliss-reactive ketones (excluding diaryl/α,β-unsaturated/α-hetero) is 1. The highest BCUT2D eigenvalue weighted by Crippen LogP contribution is 2.21. The van der Waals surface area contributed by atoms with Gasteiger partial charge in [0.1, 0.15) is 6.54 Å². The van der Waals surface area contributed by atoms with E-state index in [1.165, 1.54) is 0 Å². The second kappa shape index (κ2) is 8.40. The number of carboxylic acids is 1. The van der Waals surface area contributed by atoms with Crippen molar-refractivity contribution in [2.24, 2.45) is 5.10 Å². The van der Waals surface area contributed by atoms with Crippen LogP contribution in [0.25, 0.3) is 0 Å². The zero-order valence-corrected chi connectivity index (χ0v) is 15.4. The standard InChI is InChI=1S/C19H16N4O4S/c24-16-9-15(13-3-1-2-4-14(13)16)22-23-19(28)21-12-7-5-11(6-8-12)18(27)20-10-17(25)26/h1-8H,9-10H2,(H,20,27)(H,25,26)(H2,21,23,28)/b22-15-. The normalized spacial score (nSPS) is 13.7. The molecule has 0 saturated heterocycles. The summed E-state index contributed by atoms with van der Waals surface area (Å²) in [5, 5.41) is 18.2. The fraction of sp³-hybridized carbons (Fsp3) is 0.105. The van der Waals surface area contributed by atoms with Crippen molar-refractivity contribution in [3.8, 4) is 0 Å². The first-order valence-electron chi connectivity index (χ1n) is 8.30. The lowest BCUT2D eigenvalue weighted by atomic mass is 10.1. The maximum absolute atomic E-state index is 12.0. The summed E-state index contributed by atoms with van der Waals surface area (Å²) in [6.45, 7) is -0.446. The molecule has 28 heavy (non-hydrogen) atoms. The van der Waals surface area contributed by atoms with Crippen molar-refractivity contribution in [3.63, 3.8) is 0 Å². The number of ketones is 1. The number of aliphatic carboxylic acids is 1. The second-order valence-electron chi connectivity index (χ2n) is 5.92. The largest absolute Gasteiger partial charge is 0.480 e. The van der Waals surface area contributed by atoms with Crippen LogP contribution in [0.1, 0.15) is 32.7 Å². The van der Waals surface area contributed by atoms with Gasteiger partial charge in [0.25, 0.3) is 5.91 Å². The first-order valence-corrected chi connectivity index (χ1v) is 8.71. The van der Waals surface area contributed by atoms with E-state index in [9.17, 15) is 14.4 Å². The molecule has 2 aromatic carbocycles. The third-order valence-electron chi connectivity index (χ3n) is 3.96. The maximum atomic E-state index is 12.0. The number of anilines is 1. The molecule has 142 valence electrons. The van der Waals surface area contributed by atoms with E-state index in [-0.39, 0.29) is 17.3 Å². The van der Waals surface area contributed by atoms with Crippen molar-refractivity contribution in [1.82, 2.24) is 10.7 Å². The summed E-state index contributed by atoms with van der Waals surface area (Å²) >= 11 is 5.19. The number of thiocarbonyl (C=S) groups is 1. The van der Waals surface area contributed by atoms with Crippen molar-refractivity contribution < 1.29 is 19.5 Å². The molecule has 2 aromatic rings. The Morgan fingerprint density at radius 2 is 1.75 bits per heavy atom. The van der Waals surface area contributed by atoms with Crippen LogP contribution in [0.4, 0.5) is 5.69 Å². The van der Waals surface area contributed by atoms with Crippen molar-refractivity contribution in [2.75, 3.05) is 11.9 Å². The Morgan fingerprint density at radius 3 is 2.43 bits per heavy atom. The summed E-state index contributed by atoms with van der Waals surface area (Å²) in [6, 6.07) is 13.6. The van der Waals surface area contributed by atoms with Crippen molar-refractivity contribution in [1.29, 1.82) is 0 Å². The van der Waals surface area contributed by atoms with Crippen LogP contribution in [0.15, 0.2) is 53.6 Å². The van der Waals surface area contributed by atoms with E-state index >= 15 is 0 Å². The molecular weight excluding hydrogens is 380 g/mol. The molecule has 0 saturated carbocycles. The van der Waals surface area contributed by atoms with E-state index in [4.69, 9.17) is 17.3 Å². The minimum atomic E-state index is -1.11. The molecule has 0 bridgehead atoms. The lowest BCUT2D eigenvalue weighted by molar-refractivity contribution is -0.135. The molecule has 3 rings (SSSR count). The molecule has 8 nitrogen and oxygen atoms in total. The van der Waals surface area contributed by atoms with E-state index in [1.54, 1.807) is 30.3 Å². The molecule has 0 heterocycles. The van der Waals surface area contributed by atoms with Crippen molar-refractivity contribution in [2.45, 2.75) is 6.42 Å². The van der Waals surface area contributed by atoms with Gasteiger partial charge in [0.05, 0.1) is 12.1 Å². The van der Waals surface area contributed by atoms with Crippen LogP contribution >= 0.6 is 12.2 Å². The molecule has 0 aliphatic heterocycles. The monoisotopic (exact) mass is 396 g/mol. The van der Waals surface area contributed by atoms with Crippen LogP contribution in [0.2, 0.25) is 0 Å². The molecule has 1 amide bonds. The predicted octanol–water partition coefficient (Wildman–Crippen LogP) is 1.78. The number of nitrogens with zero attached hydrogens (tertiary/aromatic N) is 1. The Balaban J connectivity index is 1.58. The summed E-state index contributed by atoms with van der Waals surface area (Å²) in [5.41, 5.74) is 5.73. The van der Waals surface area contributed by atoms with E-state index in [0.29, 0.717) is 22.5 Å². The molecule has 0 atom stereocenters. The van der Waals surface area contributed by atoms with E-state index < -0.39 is 18.4 Å². The third-order valence-corrected chi connectivity index (χ3v) is 4.16. The van der Waals surface area contributed by atoms with Gasteiger partial charge in [0, 0.05) is 22.4 Å². The molecule has 0 aromatic heterocycles. The van der Waals surface area contributed by atoms with Gasteiger partial charge in [-0.15, -0.1) is 0 Å². The number of carbonyl (C=O) groups excluding carboxylic acids is 2. The maximum Gasteiger partial charge on any atom is 0.322 e. The highest BCUT2D eigenvalue weighted by molar-refractivity contribution is 7.80. The summed E-state index contributed by atoms with van der Waals surface area (Å²) in [7, 11) is 0. The first kappa shape index (κ1) is 19.2. The van der Waals surface area contributed by atoms with Gasteiger partial charge < -0.3 is 15.7 Å². The number of carbonyl (C=O) groups is 3. The molecule has 0 unspecified atom stereocenters. The molecule has 9 heteroatoms. The molecule has 1 aliphatic carbocycles. The van der Waals surface area contributed by atoms with Crippen molar-refractivity contribution >= 4 is 46.4 Å². The summed E-state index contributed by atoms with van der Waals surface area (Å²) in [6.07, 6.45) is 0.217. The third kappa shape index (κ3) is 4.57. The van der Waals surface area contributed by atoms with Gasteiger partial charge in [-0.25, -0.2) is 0 Å². The van der Waals surface area contributed by atoms with Crippen LogP contribution in [0, 0.1) is 0 Å². The van der Waals surface area contributed by atoms with Crippen molar-refractivity contribution in [3.05, 3.63) is 65.2 Å². The Kier molecular flexibility index (Phi) is 5.75. The fourth-order valence-electron chi connectivity index (χ4n) is 2.66. The van der Waals surface area contributed by atoms with Gasteiger partial charge in [0.15, 0.2) is 10.9 Å². The van der Waals surface area contributed by atoms with Gasteiger partial charge in [-0.3, -0.25) is 19.8 Å². The van der Waals surface area contributed by atoms with Gasteiger partial charge >= 0.3 is 5.97 Å². The number of rotatable bonds is 5. The number of hydrazone groups is 1.